The molecular weight excluding hydrogens is 452 g/mol. The Bertz CT molecular complexity index is 1520. The molecule has 0 saturated heterocycles. The summed E-state index contributed by atoms with van der Waals surface area (Å²) in [6.45, 7) is 0.697. The molecule has 1 N–H and O–H groups in total. The SMILES string of the molecule is Fc1ccc(CN2c3ccccc3-n3nnnc3-c3cnc(NCc4cccnc4)nc32)cc1F. The van der Waals surface area contributed by atoms with Gasteiger partial charge in [-0.3, -0.25) is 4.98 Å². The highest BCUT2D eigenvalue weighted by Gasteiger charge is 2.29. The predicted octanol–water partition coefficient (Wildman–Crippen LogP) is 4.06. The maximum Gasteiger partial charge on any atom is 0.224 e. The van der Waals surface area contributed by atoms with Crippen molar-refractivity contribution in [1.82, 2.24) is 35.2 Å². The standard InChI is InChI=1S/C24H17F2N9/c25-18-8-7-15(10-19(18)26)14-34-20-5-1-2-6-21(20)35-23(31-32-33-35)17-13-29-24(30-22(17)34)28-12-16-4-3-9-27-11-16/h1-11,13H,12,14H2,(H,28,29,30). The van der Waals surface area contributed by atoms with Crippen LogP contribution in [0.3, 0.4) is 0 Å². The van der Waals surface area contributed by atoms with Crippen molar-refractivity contribution in [2.24, 2.45) is 0 Å². The summed E-state index contributed by atoms with van der Waals surface area (Å²) in [4.78, 5) is 15.3. The summed E-state index contributed by atoms with van der Waals surface area (Å²) in [5, 5.41) is 15.4. The van der Waals surface area contributed by atoms with Crippen molar-refractivity contribution in [1.29, 1.82) is 0 Å². The maximum atomic E-state index is 14.0. The fourth-order valence-electron chi connectivity index (χ4n) is 3.99. The number of fused-ring (bicyclic) bond motifs is 5. The van der Waals surface area contributed by atoms with E-state index in [2.05, 4.69) is 30.8 Å². The smallest absolute Gasteiger partial charge is 0.224 e. The molecule has 35 heavy (non-hydrogen) atoms. The predicted molar refractivity (Wildman–Crippen MR) is 124 cm³/mol. The Morgan fingerprint density at radius 1 is 0.886 bits per heavy atom. The van der Waals surface area contributed by atoms with Gasteiger partial charge in [0, 0.05) is 31.7 Å². The zero-order valence-electron chi connectivity index (χ0n) is 18.2. The molecule has 3 aromatic heterocycles. The van der Waals surface area contributed by atoms with Crippen molar-refractivity contribution < 1.29 is 8.78 Å². The molecule has 0 unspecified atom stereocenters. The number of nitrogens with zero attached hydrogens (tertiary/aromatic N) is 8. The first kappa shape index (κ1) is 20.8. The van der Waals surface area contributed by atoms with Gasteiger partial charge in [0.05, 0.1) is 16.9 Å². The first-order chi connectivity index (χ1) is 17.2. The zero-order chi connectivity index (χ0) is 23.8. The van der Waals surface area contributed by atoms with Gasteiger partial charge in [-0.25, -0.2) is 13.8 Å². The third kappa shape index (κ3) is 3.82. The van der Waals surface area contributed by atoms with Crippen LogP contribution >= 0.6 is 0 Å². The van der Waals surface area contributed by atoms with E-state index in [0.717, 1.165) is 23.0 Å². The lowest BCUT2D eigenvalue weighted by atomic mass is 10.1. The first-order valence-corrected chi connectivity index (χ1v) is 10.8. The van der Waals surface area contributed by atoms with E-state index in [1.54, 1.807) is 29.3 Å². The van der Waals surface area contributed by atoms with Crippen LogP contribution in [0.5, 0.6) is 0 Å². The van der Waals surface area contributed by atoms with Gasteiger partial charge in [-0.05, 0) is 51.9 Å². The average molecular weight is 469 g/mol. The summed E-state index contributed by atoms with van der Waals surface area (Å²) in [5.74, 6) is -0.420. The highest BCUT2D eigenvalue weighted by molar-refractivity contribution is 5.83. The summed E-state index contributed by atoms with van der Waals surface area (Å²) in [5.41, 5.74) is 3.61. The van der Waals surface area contributed by atoms with Crippen LogP contribution in [-0.4, -0.2) is 35.2 Å². The highest BCUT2D eigenvalue weighted by atomic mass is 19.2. The third-order valence-electron chi connectivity index (χ3n) is 5.63. The van der Waals surface area contributed by atoms with Crippen molar-refractivity contribution in [2.45, 2.75) is 13.1 Å². The Hall–Kier alpha value is -4.80. The van der Waals surface area contributed by atoms with Crippen LogP contribution in [0.25, 0.3) is 17.1 Å². The number of halogens is 2. The van der Waals surface area contributed by atoms with Crippen molar-refractivity contribution in [2.75, 3.05) is 10.2 Å². The van der Waals surface area contributed by atoms with Gasteiger partial charge < -0.3 is 10.2 Å². The van der Waals surface area contributed by atoms with E-state index >= 15 is 0 Å². The van der Waals surface area contributed by atoms with Crippen molar-refractivity contribution in [3.05, 3.63) is 95.9 Å². The lowest BCUT2D eigenvalue weighted by Crippen LogP contribution is -2.20. The second kappa shape index (κ2) is 8.52. The molecule has 0 atom stereocenters. The number of benzene rings is 2. The number of pyridine rings is 1. The van der Waals surface area contributed by atoms with Crippen LogP contribution in [-0.2, 0) is 13.1 Å². The summed E-state index contributed by atoms with van der Waals surface area (Å²) in [6, 6.07) is 15.2. The molecule has 4 heterocycles. The monoisotopic (exact) mass is 469 g/mol. The van der Waals surface area contributed by atoms with Gasteiger partial charge in [-0.1, -0.05) is 24.3 Å². The first-order valence-electron chi connectivity index (χ1n) is 10.8. The number of hydrogen-bond donors (Lipinski definition) is 1. The molecule has 0 bridgehead atoms. The zero-order valence-corrected chi connectivity index (χ0v) is 18.2. The number of para-hydroxylation sites is 2. The minimum Gasteiger partial charge on any atom is -0.350 e. The third-order valence-corrected chi connectivity index (χ3v) is 5.63. The van der Waals surface area contributed by atoms with E-state index in [9.17, 15) is 8.78 Å². The van der Waals surface area contributed by atoms with Gasteiger partial charge in [0.1, 0.15) is 5.82 Å². The Kier molecular flexibility index (Phi) is 5.06. The topological polar surface area (TPSA) is 97.5 Å². The minimum absolute atomic E-state index is 0.221. The van der Waals surface area contributed by atoms with Crippen LogP contribution in [0.2, 0.25) is 0 Å². The number of rotatable bonds is 5. The molecule has 2 aromatic carbocycles. The van der Waals surface area contributed by atoms with Crippen molar-refractivity contribution in [3.63, 3.8) is 0 Å². The van der Waals surface area contributed by atoms with Gasteiger partial charge >= 0.3 is 0 Å². The Labute approximate surface area is 198 Å². The molecule has 0 spiro atoms. The molecule has 6 rings (SSSR count). The molecule has 1 aliphatic rings. The van der Waals surface area contributed by atoms with Gasteiger partial charge in [-0.15, -0.1) is 5.10 Å². The van der Waals surface area contributed by atoms with E-state index in [4.69, 9.17) is 4.98 Å². The summed E-state index contributed by atoms with van der Waals surface area (Å²) in [6.07, 6.45) is 5.12. The van der Waals surface area contributed by atoms with E-state index in [-0.39, 0.29) is 6.54 Å². The fraction of sp³-hybridized carbons (Fsp3) is 0.0833. The van der Waals surface area contributed by atoms with Crippen molar-refractivity contribution >= 4 is 17.5 Å². The van der Waals surface area contributed by atoms with Gasteiger partial charge in [0.2, 0.25) is 5.95 Å². The molecule has 0 amide bonds. The average Bonchev–Trinajstić information content (AvgIpc) is 3.35. The Morgan fingerprint density at radius 2 is 1.77 bits per heavy atom. The molecule has 0 fully saturated rings. The molecular formula is C24H17F2N9. The molecule has 0 aliphatic carbocycles. The molecule has 11 heteroatoms. The maximum absolute atomic E-state index is 14.0. The van der Waals surface area contributed by atoms with Crippen LogP contribution in [0.15, 0.2) is 73.2 Å². The molecule has 5 aromatic rings. The summed E-state index contributed by atoms with van der Waals surface area (Å²) in [7, 11) is 0. The number of anilines is 3. The number of hydrogen-bond acceptors (Lipinski definition) is 8. The second-order valence-corrected chi connectivity index (χ2v) is 7.88. The van der Waals surface area contributed by atoms with Crippen LogP contribution in [0.1, 0.15) is 11.1 Å². The van der Waals surface area contributed by atoms with Gasteiger partial charge in [0.25, 0.3) is 0 Å². The van der Waals surface area contributed by atoms with Crippen molar-refractivity contribution in [3.8, 4) is 17.1 Å². The fourth-order valence-corrected chi connectivity index (χ4v) is 3.99. The number of nitrogens with one attached hydrogen (secondary N) is 1. The molecule has 1 aliphatic heterocycles. The summed E-state index contributed by atoms with van der Waals surface area (Å²) < 4.78 is 29.2. The highest BCUT2D eigenvalue weighted by Crippen LogP contribution is 2.41. The number of aromatic nitrogens is 7. The van der Waals surface area contributed by atoms with Crippen LogP contribution in [0, 0.1) is 11.6 Å². The normalized spacial score (nSPS) is 11.9. The van der Waals surface area contributed by atoms with E-state index in [1.807, 2.05) is 41.3 Å². The second-order valence-electron chi connectivity index (χ2n) is 7.88. The number of tetrazole rings is 1. The lowest BCUT2D eigenvalue weighted by molar-refractivity contribution is 0.507. The Balaban J connectivity index is 1.47. The van der Waals surface area contributed by atoms with E-state index in [1.165, 1.54) is 6.07 Å². The lowest BCUT2D eigenvalue weighted by Gasteiger charge is -2.25. The molecule has 0 radical (unpaired) electrons. The minimum atomic E-state index is -0.911. The largest absolute Gasteiger partial charge is 0.350 e. The van der Waals surface area contributed by atoms with Gasteiger partial charge in [0.15, 0.2) is 17.5 Å². The molecule has 0 saturated carbocycles. The molecule has 9 nitrogen and oxygen atoms in total. The summed E-state index contributed by atoms with van der Waals surface area (Å²) >= 11 is 0. The van der Waals surface area contributed by atoms with E-state index in [0.29, 0.717) is 35.3 Å². The van der Waals surface area contributed by atoms with E-state index < -0.39 is 11.6 Å². The Morgan fingerprint density at radius 3 is 2.60 bits per heavy atom. The molecule has 172 valence electrons. The quantitative estimate of drug-likeness (QED) is 0.412. The van der Waals surface area contributed by atoms with Crippen LogP contribution < -0.4 is 10.2 Å². The van der Waals surface area contributed by atoms with Crippen LogP contribution in [0.4, 0.5) is 26.2 Å². The van der Waals surface area contributed by atoms with Gasteiger partial charge in [-0.2, -0.15) is 9.67 Å².